The van der Waals surface area contributed by atoms with Crippen LogP contribution in [0.4, 0.5) is 11.4 Å². The summed E-state index contributed by atoms with van der Waals surface area (Å²) in [6.45, 7) is 1.81. The Balaban J connectivity index is 1.92. The predicted octanol–water partition coefficient (Wildman–Crippen LogP) is 2.61. The molecular weight excluding hydrogens is 331 g/mol. The number of rotatable bonds is 4. The van der Waals surface area contributed by atoms with Crippen LogP contribution in [-0.2, 0) is 9.36 Å². The maximum Gasteiger partial charge on any atom is 0.352 e. The fourth-order valence-electron chi connectivity index (χ4n) is 2.53. The Kier molecular flexibility index (Phi) is 4.32. The van der Waals surface area contributed by atoms with Gasteiger partial charge in [0.1, 0.15) is 5.75 Å². The van der Waals surface area contributed by atoms with Gasteiger partial charge in [0.25, 0.3) is 5.91 Å². The maximum absolute atomic E-state index is 11.9. The number of carbonyl (C=O) groups is 1. The summed E-state index contributed by atoms with van der Waals surface area (Å²) in [4.78, 5) is 30.8. The molecule has 1 amide bonds. The van der Waals surface area contributed by atoms with Gasteiger partial charge in [0, 0.05) is 5.69 Å². The smallest absolute Gasteiger partial charge is 0.352 e. The molecule has 1 aliphatic rings. The normalized spacial score (nSPS) is 15.0. The summed E-state index contributed by atoms with van der Waals surface area (Å²) < 4.78 is 17.2. The highest BCUT2D eigenvalue weighted by Gasteiger charge is 2.31. The molecule has 126 valence electrons. The number of amides is 1. The number of ether oxygens (including phenoxy) is 1. The van der Waals surface area contributed by atoms with Gasteiger partial charge in [0.15, 0.2) is 12.4 Å². The summed E-state index contributed by atoms with van der Waals surface area (Å²) in [5.74, 6) is -0.941. The highest BCUT2D eigenvalue weighted by molar-refractivity contribution is 7.52. The molecule has 7 nitrogen and oxygen atoms in total. The summed E-state index contributed by atoms with van der Waals surface area (Å²) >= 11 is 0. The Morgan fingerprint density at radius 2 is 2.04 bits per heavy atom. The number of anilines is 2. The zero-order valence-electron chi connectivity index (χ0n) is 12.9. The zero-order chi connectivity index (χ0) is 17.3. The molecule has 2 aromatic rings. The van der Waals surface area contributed by atoms with Crippen molar-refractivity contribution in [1.29, 1.82) is 0 Å². The number of aryl methyl sites for hydroxylation is 1. The number of hydrogen-bond acceptors (Lipinski definition) is 4. The van der Waals surface area contributed by atoms with Crippen LogP contribution >= 0.6 is 7.60 Å². The molecule has 0 saturated carbocycles. The molecule has 1 aliphatic heterocycles. The molecule has 8 heteroatoms. The highest BCUT2D eigenvalue weighted by Crippen LogP contribution is 2.52. The van der Waals surface area contributed by atoms with E-state index < -0.39 is 13.4 Å². The van der Waals surface area contributed by atoms with E-state index in [1.54, 1.807) is 36.4 Å². The van der Waals surface area contributed by atoms with Gasteiger partial charge in [-0.1, -0.05) is 29.8 Å². The first kappa shape index (κ1) is 16.5. The minimum absolute atomic E-state index is 0.0474. The van der Waals surface area contributed by atoms with E-state index in [9.17, 15) is 19.1 Å². The Morgan fingerprint density at radius 1 is 1.25 bits per heavy atom. The van der Waals surface area contributed by atoms with E-state index in [1.165, 1.54) is 0 Å². The fraction of sp³-hybridized carbons (Fsp3) is 0.188. The van der Waals surface area contributed by atoms with E-state index in [0.29, 0.717) is 22.7 Å². The van der Waals surface area contributed by atoms with E-state index >= 15 is 0 Å². The Morgan fingerprint density at radius 3 is 2.75 bits per heavy atom. The highest BCUT2D eigenvalue weighted by atomic mass is 31.2. The average molecular weight is 348 g/mol. The first-order valence-corrected chi connectivity index (χ1v) is 8.96. The van der Waals surface area contributed by atoms with Gasteiger partial charge in [-0.2, -0.15) is 0 Å². The van der Waals surface area contributed by atoms with Crippen molar-refractivity contribution in [3.63, 3.8) is 0 Å². The van der Waals surface area contributed by atoms with Crippen LogP contribution in [0.25, 0.3) is 0 Å². The second-order valence-corrected chi connectivity index (χ2v) is 7.29. The van der Waals surface area contributed by atoms with Gasteiger partial charge in [0.05, 0.1) is 5.69 Å². The maximum atomic E-state index is 11.9. The van der Waals surface area contributed by atoms with E-state index in [1.807, 2.05) is 13.0 Å². The molecule has 2 aromatic carbocycles. The van der Waals surface area contributed by atoms with Crippen molar-refractivity contribution in [1.82, 2.24) is 0 Å². The number of benzene rings is 2. The lowest BCUT2D eigenvalue weighted by molar-refractivity contribution is -0.118. The summed E-state index contributed by atoms with van der Waals surface area (Å²) in [6.07, 6.45) is 0. The van der Waals surface area contributed by atoms with E-state index in [4.69, 9.17) is 4.74 Å². The monoisotopic (exact) mass is 348 g/mol. The molecule has 0 radical (unpaired) electrons. The van der Waals surface area contributed by atoms with Gasteiger partial charge in [-0.25, -0.2) is 0 Å². The molecular formula is C16H17N2O5P. The molecule has 1 unspecified atom stereocenters. The molecule has 0 spiro atoms. The molecule has 0 saturated heterocycles. The quantitative estimate of drug-likeness (QED) is 0.633. The van der Waals surface area contributed by atoms with Crippen LogP contribution < -0.4 is 15.4 Å². The third-order valence-electron chi connectivity index (χ3n) is 3.61. The first-order chi connectivity index (χ1) is 11.3. The Hall–Kier alpha value is -2.34. The molecule has 4 N–H and O–H groups in total. The number of nitrogens with one attached hydrogen (secondary N) is 2. The molecule has 1 atom stereocenters. The van der Waals surface area contributed by atoms with Crippen LogP contribution in [0.5, 0.6) is 5.75 Å². The number of fused-ring (bicyclic) bond motifs is 1. The van der Waals surface area contributed by atoms with Gasteiger partial charge in [-0.05, 0) is 30.7 Å². The molecule has 0 bridgehead atoms. The second kappa shape index (κ2) is 6.28. The van der Waals surface area contributed by atoms with Crippen LogP contribution in [0.1, 0.15) is 16.9 Å². The lowest BCUT2D eigenvalue weighted by Crippen LogP contribution is -2.25. The van der Waals surface area contributed by atoms with Crippen molar-refractivity contribution in [2.45, 2.75) is 12.7 Å². The molecule has 24 heavy (non-hydrogen) atoms. The van der Waals surface area contributed by atoms with Crippen LogP contribution in [-0.4, -0.2) is 22.3 Å². The van der Waals surface area contributed by atoms with Crippen LogP contribution in [0.2, 0.25) is 0 Å². The number of carbonyl (C=O) groups excluding carboxylic acids is 1. The minimum Gasteiger partial charge on any atom is -0.482 e. The van der Waals surface area contributed by atoms with Gasteiger partial charge in [-0.3, -0.25) is 9.36 Å². The van der Waals surface area contributed by atoms with Crippen molar-refractivity contribution in [3.8, 4) is 5.75 Å². The standard InChI is InChI=1S/C16H17N2O5P/c1-10-3-2-4-11(7-10)16(24(20,21)22)17-12-5-6-14-13(8-12)18-15(19)9-23-14/h2-8,16-17H,9H2,1H3,(H,18,19)(H2,20,21,22). The van der Waals surface area contributed by atoms with Crippen molar-refractivity contribution in [3.05, 3.63) is 53.6 Å². The fourth-order valence-corrected chi connectivity index (χ4v) is 3.40. The Labute approximate surface area is 138 Å². The molecule has 0 aliphatic carbocycles. The van der Waals surface area contributed by atoms with Crippen LogP contribution in [0.3, 0.4) is 0 Å². The molecule has 1 heterocycles. The van der Waals surface area contributed by atoms with Crippen LogP contribution in [0, 0.1) is 6.92 Å². The SMILES string of the molecule is Cc1cccc(C(Nc2ccc3c(c2)NC(=O)CO3)P(=O)(O)O)c1. The third kappa shape index (κ3) is 3.59. The second-order valence-electron chi connectivity index (χ2n) is 5.60. The van der Waals surface area contributed by atoms with Gasteiger partial charge >= 0.3 is 7.60 Å². The average Bonchev–Trinajstić information content (AvgIpc) is 2.51. The van der Waals surface area contributed by atoms with Crippen LogP contribution in [0.15, 0.2) is 42.5 Å². The van der Waals surface area contributed by atoms with E-state index in [-0.39, 0.29) is 12.5 Å². The zero-order valence-corrected chi connectivity index (χ0v) is 13.8. The van der Waals surface area contributed by atoms with E-state index in [0.717, 1.165) is 5.56 Å². The predicted molar refractivity (Wildman–Crippen MR) is 90.2 cm³/mol. The number of hydrogen-bond donors (Lipinski definition) is 4. The topological polar surface area (TPSA) is 108 Å². The van der Waals surface area contributed by atoms with Gasteiger partial charge in [-0.15, -0.1) is 0 Å². The van der Waals surface area contributed by atoms with Gasteiger partial charge in [0.2, 0.25) is 0 Å². The van der Waals surface area contributed by atoms with E-state index in [2.05, 4.69) is 10.6 Å². The minimum atomic E-state index is -4.45. The third-order valence-corrected chi connectivity index (χ3v) is 4.71. The lowest BCUT2D eigenvalue weighted by Gasteiger charge is -2.23. The first-order valence-electron chi connectivity index (χ1n) is 7.28. The summed E-state index contributed by atoms with van der Waals surface area (Å²) in [6, 6.07) is 11.9. The van der Waals surface area contributed by atoms with Gasteiger partial charge < -0.3 is 25.2 Å². The van der Waals surface area contributed by atoms with Crippen molar-refractivity contribution < 1.29 is 23.9 Å². The summed E-state index contributed by atoms with van der Waals surface area (Å²) in [5, 5.41) is 5.52. The molecule has 3 rings (SSSR count). The Bertz CT molecular complexity index is 833. The van der Waals surface area contributed by atoms with Crippen molar-refractivity contribution >= 4 is 24.9 Å². The largest absolute Gasteiger partial charge is 0.482 e. The lowest BCUT2D eigenvalue weighted by atomic mass is 10.1. The summed E-state index contributed by atoms with van der Waals surface area (Å²) in [5.41, 5.74) is 2.32. The molecule has 0 aromatic heterocycles. The summed E-state index contributed by atoms with van der Waals surface area (Å²) in [7, 11) is -4.45. The van der Waals surface area contributed by atoms with Crippen molar-refractivity contribution in [2.75, 3.05) is 17.2 Å². The molecule has 0 fully saturated rings. The van der Waals surface area contributed by atoms with Crippen molar-refractivity contribution in [2.24, 2.45) is 0 Å².